The third-order valence-electron chi connectivity index (χ3n) is 12.3. The number of aliphatic hydroxyl groups is 7. The van der Waals surface area contributed by atoms with E-state index in [0.29, 0.717) is 12.8 Å². The molecule has 0 saturated carbocycles. The summed E-state index contributed by atoms with van der Waals surface area (Å²) in [7, 11) is 0. The van der Waals surface area contributed by atoms with Gasteiger partial charge >= 0.3 is 11.9 Å². The van der Waals surface area contributed by atoms with E-state index in [9.17, 15) is 45.3 Å². The summed E-state index contributed by atoms with van der Waals surface area (Å²) in [6, 6.07) is 0. The minimum Gasteiger partial charge on any atom is -0.462 e. The average Bonchev–Trinajstić information content (AvgIpc) is 3.33. The molecule has 2 rings (SSSR count). The molecule has 11 atom stereocenters. The third kappa shape index (κ3) is 27.7. The lowest BCUT2D eigenvalue weighted by atomic mass is 9.98. The minimum atomic E-state index is -1.77. The summed E-state index contributed by atoms with van der Waals surface area (Å²) in [4.78, 5) is 25.8. The van der Waals surface area contributed by atoms with Gasteiger partial charge in [0.05, 0.1) is 19.8 Å². The molecule has 2 fully saturated rings. The van der Waals surface area contributed by atoms with Crippen molar-refractivity contribution in [3.05, 3.63) is 48.6 Å². The first-order chi connectivity index (χ1) is 33.0. The number of hydrogen-bond donors (Lipinski definition) is 7. The largest absolute Gasteiger partial charge is 0.462 e. The maximum atomic E-state index is 13.0. The summed E-state index contributed by atoms with van der Waals surface area (Å²) in [6.07, 6.45) is 27.0. The molecule has 68 heavy (non-hydrogen) atoms. The van der Waals surface area contributed by atoms with Crippen LogP contribution in [-0.2, 0) is 38.0 Å². The van der Waals surface area contributed by atoms with Gasteiger partial charge in [0, 0.05) is 12.8 Å². The predicted octanol–water partition coefficient (Wildman–Crippen LogP) is 7.49. The number of aliphatic hydroxyl groups excluding tert-OH is 7. The highest BCUT2D eigenvalue weighted by atomic mass is 16.7. The monoisotopic (exact) mass is 969 g/mol. The number of rotatable bonds is 40. The fourth-order valence-corrected chi connectivity index (χ4v) is 7.92. The van der Waals surface area contributed by atoms with Crippen LogP contribution in [0.5, 0.6) is 0 Å². The zero-order valence-electron chi connectivity index (χ0n) is 41.6. The predicted molar refractivity (Wildman–Crippen MR) is 261 cm³/mol. The van der Waals surface area contributed by atoms with E-state index in [-0.39, 0.29) is 19.4 Å². The number of carbonyl (C=O) groups excluding carboxylic acids is 2. The second-order valence-electron chi connectivity index (χ2n) is 18.3. The standard InChI is InChI=1S/C53H92O15/c1-3-5-7-9-11-13-15-17-19-20-22-23-25-27-29-31-33-35-44(55)63-38-41(66-45(56)36-34-32-30-28-26-24-21-18-16-14-12-10-8-6-4-2)39-64-52-51(62)49(60)47(58)43(68-52)40-65-53-50(61)48(59)46(57)42(37-54)67-53/h11-14,17-19,21,41-43,46-54,57-62H,3-10,15-16,20,22-40H2,1-2H3/b13-11-,14-12-,19-17-,21-18-/t41-,42-,43-,46+,47+,48+,49+,50-,51-,52-,53+/m1/s1. The summed E-state index contributed by atoms with van der Waals surface area (Å²) >= 11 is 0. The average molecular weight is 969 g/mol. The molecule has 0 aliphatic carbocycles. The van der Waals surface area contributed by atoms with Crippen LogP contribution in [0.25, 0.3) is 0 Å². The van der Waals surface area contributed by atoms with Gasteiger partial charge in [-0.15, -0.1) is 0 Å². The van der Waals surface area contributed by atoms with Crippen molar-refractivity contribution in [2.45, 2.75) is 248 Å². The number of ether oxygens (including phenoxy) is 6. The maximum absolute atomic E-state index is 13.0. The SMILES string of the molecule is CCCCC/C=C\C/C=C\CCCCCCCCCC(=O)OC[C@H](CO[C@@H]1O[C@H](CO[C@H]2O[C@H](CO)[C@H](O)[C@H](O)[C@H]2O)[C@H](O)[C@H](O)[C@H]1O)OC(=O)CCCCCCC/C=C\C/C=C\CCCCC. The molecule has 0 aromatic heterocycles. The second-order valence-corrected chi connectivity index (χ2v) is 18.3. The Morgan fingerprint density at radius 2 is 0.882 bits per heavy atom. The van der Waals surface area contributed by atoms with Crippen molar-refractivity contribution in [3.63, 3.8) is 0 Å². The van der Waals surface area contributed by atoms with Gasteiger partial charge in [0.15, 0.2) is 18.7 Å². The van der Waals surface area contributed by atoms with Gasteiger partial charge in [-0.3, -0.25) is 9.59 Å². The third-order valence-corrected chi connectivity index (χ3v) is 12.3. The van der Waals surface area contributed by atoms with Gasteiger partial charge in [-0.2, -0.15) is 0 Å². The molecule has 394 valence electrons. The van der Waals surface area contributed by atoms with Crippen LogP contribution in [0.15, 0.2) is 48.6 Å². The van der Waals surface area contributed by atoms with Crippen LogP contribution in [-0.4, -0.2) is 142 Å². The van der Waals surface area contributed by atoms with Crippen molar-refractivity contribution in [1.29, 1.82) is 0 Å². The van der Waals surface area contributed by atoms with E-state index in [2.05, 4.69) is 62.5 Å². The topological polar surface area (TPSA) is 231 Å². The van der Waals surface area contributed by atoms with Gasteiger partial charge in [-0.05, 0) is 77.0 Å². The Morgan fingerprint density at radius 3 is 1.37 bits per heavy atom. The van der Waals surface area contributed by atoms with Crippen molar-refractivity contribution >= 4 is 11.9 Å². The van der Waals surface area contributed by atoms with Crippen LogP contribution in [0.4, 0.5) is 0 Å². The molecule has 7 N–H and O–H groups in total. The Morgan fingerprint density at radius 1 is 0.471 bits per heavy atom. The summed E-state index contributed by atoms with van der Waals surface area (Å²) in [6.45, 7) is 2.51. The van der Waals surface area contributed by atoms with Crippen molar-refractivity contribution in [2.75, 3.05) is 26.4 Å². The van der Waals surface area contributed by atoms with Gasteiger partial charge in [0.1, 0.15) is 55.4 Å². The lowest BCUT2D eigenvalue weighted by Crippen LogP contribution is -2.61. The first kappa shape index (κ1) is 61.6. The molecule has 2 heterocycles. The van der Waals surface area contributed by atoms with Crippen LogP contribution in [0.2, 0.25) is 0 Å². The Balaban J connectivity index is 1.81. The van der Waals surface area contributed by atoms with Crippen molar-refractivity contribution in [3.8, 4) is 0 Å². The van der Waals surface area contributed by atoms with Crippen LogP contribution < -0.4 is 0 Å². The molecule has 0 spiro atoms. The lowest BCUT2D eigenvalue weighted by Gasteiger charge is -2.42. The van der Waals surface area contributed by atoms with E-state index >= 15 is 0 Å². The van der Waals surface area contributed by atoms with Crippen LogP contribution >= 0.6 is 0 Å². The minimum absolute atomic E-state index is 0.146. The summed E-state index contributed by atoms with van der Waals surface area (Å²) in [5.41, 5.74) is 0. The summed E-state index contributed by atoms with van der Waals surface area (Å²) < 4.78 is 33.6. The first-order valence-corrected chi connectivity index (χ1v) is 26.2. The van der Waals surface area contributed by atoms with E-state index in [4.69, 9.17) is 28.4 Å². The molecule has 0 aromatic rings. The molecule has 2 saturated heterocycles. The van der Waals surface area contributed by atoms with E-state index in [0.717, 1.165) is 83.5 Å². The molecule has 15 heteroatoms. The van der Waals surface area contributed by atoms with E-state index in [1.54, 1.807) is 0 Å². The highest BCUT2D eigenvalue weighted by Gasteiger charge is 2.47. The summed E-state index contributed by atoms with van der Waals surface area (Å²) in [5, 5.41) is 72.1. The second kappa shape index (κ2) is 40.1. The Labute approximate surface area is 408 Å². The van der Waals surface area contributed by atoms with Gasteiger partial charge in [-0.25, -0.2) is 0 Å². The number of esters is 2. The summed E-state index contributed by atoms with van der Waals surface area (Å²) in [5.74, 6) is -0.951. The Kier molecular flexibility index (Phi) is 36.3. The van der Waals surface area contributed by atoms with Crippen molar-refractivity contribution in [1.82, 2.24) is 0 Å². The van der Waals surface area contributed by atoms with Crippen molar-refractivity contribution < 1.29 is 73.8 Å². The van der Waals surface area contributed by atoms with Gasteiger partial charge in [0.2, 0.25) is 0 Å². The van der Waals surface area contributed by atoms with Crippen LogP contribution in [0.1, 0.15) is 181 Å². The molecule has 15 nitrogen and oxygen atoms in total. The lowest BCUT2D eigenvalue weighted by molar-refractivity contribution is -0.332. The first-order valence-electron chi connectivity index (χ1n) is 26.2. The normalized spacial score (nSPS) is 26.1. The zero-order valence-corrected chi connectivity index (χ0v) is 41.6. The van der Waals surface area contributed by atoms with Crippen LogP contribution in [0, 0.1) is 0 Å². The Hall–Kier alpha value is -2.54. The highest BCUT2D eigenvalue weighted by Crippen LogP contribution is 2.26. The van der Waals surface area contributed by atoms with E-state index in [1.165, 1.54) is 57.8 Å². The molecule has 0 bridgehead atoms. The van der Waals surface area contributed by atoms with E-state index < -0.39 is 99.3 Å². The molecule has 0 aromatic carbocycles. The molecule has 2 aliphatic rings. The quantitative estimate of drug-likeness (QED) is 0.0179. The number of carbonyl (C=O) groups is 2. The fourth-order valence-electron chi connectivity index (χ4n) is 7.92. The number of allylic oxidation sites excluding steroid dienone is 8. The van der Waals surface area contributed by atoms with E-state index in [1.807, 2.05) is 0 Å². The zero-order chi connectivity index (χ0) is 49.6. The van der Waals surface area contributed by atoms with Crippen LogP contribution in [0.3, 0.4) is 0 Å². The molecule has 0 radical (unpaired) electrons. The molecular weight excluding hydrogens is 877 g/mol. The maximum Gasteiger partial charge on any atom is 0.306 e. The smallest absolute Gasteiger partial charge is 0.306 e. The molecule has 2 aliphatic heterocycles. The number of unbranched alkanes of at least 4 members (excludes halogenated alkanes) is 18. The van der Waals surface area contributed by atoms with Crippen molar-refractivity contribution in [2.24, 2.45) is 0 Å². The van der Waals surface area contributed by atoms with Gasteiger partial charge in [0.25, 0.3) is 0 Å². The number of hydrogen-bond acceptors (Lipinski definition) is 15. The van der Waals surface area contributed by atoms with Gasteiger partial charge in [-0.1, -0.05) is 140 Å². The Bertz CT molecular complexity index is 1370. The fraction of sp³-hybridized carbons (Fsp3) is 0.811. The molecular formula is C53H92O15. The van der Waals surface area contributed by atoms with Gasteiger partial charge < -0.3 is 64.2 Å². The highest BCUT2D eigenvalue weighted by molar-refractivity contribution is 5.70. The molecule has 0 unspecified atom stereocenters. The molecule has 0 amide bonds.